The molecule has 0 atom stereocenters. The fraction of sp³-hybridized carbons (Fsp3) is 0.714. The Hall–Kier alpha value is -0.910. The summed E-state index contributed by atoms with van der Waals surface area (Å²) >= 11 is 6.10. The maximum atomic E-state index is 6.10. The van der Waals surface area contributed by atoms with E-state index in [4.69, 9.17) is 16.3 Å². The lowest BCUT2D eigenvalue weighted by Crippen LogP contribution is -2.57. The fourth-order valence-electron chi connectivity index (χ4n) is 2.31. The third-order valence-electron chi connectivity index (χ3n) is 3.80. The van der Waals surface area contributed by atoms with E-state index in [0.29, 0.717) is 24.2 Å². The molecule has 0 N–H and O–H groups in total. The van der Waals surface area contributed by atoms with Gasteiger partial charge in [-0.25, -0.2) is 9.97 Å². The molecule has 1 aliphatic heterocycles. The molecule has 1 aromatic heterocycles. The van der Waals surface area contributed by atoms with Crippen LogP contribution < -0.4 is 4.90 Å². The SMILES string of the molecule is CCOCc1nc(Cl)cc(N2CCN(C)C(C)(C)C2)n1. The lowest BCUT2D eigenvalue weighted by Gasteiger charge is -2.45. The van der Waals surface area contributed by atoms with Crippen LogP contribution in [0.4, 0.5) is 5.82 Å². The molecule has 1 fully saturated rings. The van der Waals surface area contributed by atoms with Crippen molar-refractivity contribution in [1.29, 1.82) is 0 Å². The van der Waals surface area contributed by atoms with Gasteiger partial charge in [0.15, 0.2) is 5.82 Å². The second kappa shape index (κ2) is 6.24. The van der Waals surface area contributed by atoms with Gasteiger partial charge in [-0.15, -0.1) is 0 Å². The zero-order valence-electron chi connectivity index (χ0n) is 12.7. The van der Waals surface area contributed by atoms with Crippen molar-refractivity contribution in [2.75, 3.05) is 38.2 Å². The maximum Gasteiger partial charge on any atom is 0.158 e. The molecule has 1 aliphatic rings. The zero-order chi connectivity index (χ0) is 14.8. The Balaban J connectivity index is 2.17. The highest BCUT2D eigenvalue weighted by atomic mass is 35.5. The molecule has 6 heteroatoms. The summed E-state index contributed by atoms with van der Waals surface area (Å²) in [4.78, 5) is 13.4. The largest absolute Gasteiger partial charge is 0.374 e. The summed E-state index contributed by atoms with van der Waals surface area (Å²) < 4.78 is 5.36. The van der Waals surface area contributed by atoms with Crippen molar-refractivity contribution in [2.24, 2.45) is 0 Å². The van der Waals surface area contributed by atoms with Crippen molar-refractivity contribution in [2.45, 2.75) is 32.9 Å². The number of piperazine rings is 1. The molecule has 0 saturated carbocycles. The lowest BCUT2D eigenvalue weighted by atomic mass is 10.00. The Bertz CT molecular complexity index is 466. The van der Waals surface area contributed by atoms with Gasteiger partial charge in [0.05, 0.1) is 0 Å². The molecule has 0 spiro atoms. The summed E-state index contributed by atoms with van der Waals surface area (Å²) in [6.45, 7) is 10.4. The van der Waals surface area contributed by atoms with Crippen molar-refractivity contribution in [3.8, 4) is 0 Å². The average Bonchev–Trinajstić information content (AvgIpc) is 2.39. The Morgan fingerprint density at radius 1 is 1.35 bits per heavy atom. The predicted octanol–water partition coefficient (Wildman–Crippen LogP) is 2.20. The van der Waals surface area contributed by atoms with Crippen molar-refractivity contribution >= 4 is 17.4 Å². The number of aromatic nitrogens is 2. The summed E-state index contributed by atoms with van der Waals surface area (Å²) in [6, 6.07) is 1.83. The molecule has 2 rings (SSSR count). The smallest absolute Gasteiger partial charge is 0.158 e. The standard InChI is InChI=1S/C14H23ClN4O/c1-5-20-9-12-16-11(15)8-13(17-12)19-7-6-18(4)14(2,3)10-19/h8H,5-7,9-10H2,1-4H3. The highest BCUT2D eigenvalue weighted by Crippen LogP contribution is 2.24. The first kappa shape index (κ1) is 15.5. The Labute approximate surface area is 125 Å². The molecular formula is C14H23ClN4O. The molecule has 112 valence electrons. The van der Waals surface area contributed by atoms with Crippen LogP contribution in [0.25, 0.3) is 0 Å². The first-order valence-electron chi connectivity index (χ1n) is 7.00. The maximum absolute atomic E-state index is 6.10. The second-order valence-electron chi connectivity index (χ2n) is 5.76. The number of halogens is 1. The molecule has 0 aliphatic carbocycles. The molecule has 2 heterocycles. The first-order chi connectivity index (χ1) is 9.42. The summed E-state index contributed by atoms with van der Waals surface area (Å²) in [5.41, 5.74) is 0.121. The van der Waals surface area contributed by atoms with Crippen molar-refractivity contribution < 1.29 is 4.74 Å². The number of hydrogen-bond acceptors (Lipinski definition) is 5. The van der Waals surface area contributed by atoms with E-state index in [2.05, 4.69) is 40.7 Å². The first-order valence-corrected chi connectivity index (χ1v) is 7.37. The van der Waals surface area contributed by atoms with E-state index in [1.54, 1.807) is 0 Å². The van der Waals surface area contributed by atoms with Gasteiger partial charge in [-0.1, -0.05) is 11.6 Å². The minimum Gasteiger partial charge on any atom is -0.374 e. The Morgan fingerprint density at radius 3 is 2.75 bits per heavy atom. The molecule has 20 heavy (non-hydrogen) atoms. The minimum atomic E-state index is 0.121. The molecule has 0 radical (unpaired) electrons. The van der Waals surface area contributed by atoms with Gasteiger partial charge in [-0.05, 0) is 27.8 Å². The zero-order valence-corrected chi connectivity index (χ0v) is 13.4. The highest BCUT2D eigenvalue weighted by molar-refractivity contribution is 6.29. The van der Waals surface area contributed by atoms with Crippen LogP contribution in [0.15, 0.2) is 6.07 Å². The molecule has 1 saturated heterocycles. The molecule has 1 aromatic rings. The normalized spacial score (nSPS) is 19.4. The number of ether oxygens (including phenoxy) is 1. The topological polar surface area (TPSA) is 41.5 Å². The van der Waals surface area contributed by atoms with E-state index in [1.807, 2.05) is 13.0 Å². The number of rotatable bonds is 4. The predicted molar refractivity (Wildman–Crippen MR) is 81.3 cm³/mol. The Morgan fingerprint density at radius 2 is 2.10 bits per heavy atom. The van der Waals surface area contributed by atoms with Gasteiger partial charge in [-0.3, -0.25) is 4.90 Å². The lowest BCUT2D eigenvalue weighted by molar-refractivity contribution is 0.127. The summed E-state index contributed by atoms with van der Waals surface area (Å²) in [7, 11) is 2.16. The van der Waals surface area contributed by atoms with E-state index in [0.717, 1.165) is 25.5 Å². The van der Waals surface area contributed by atoms with Gasteiger partial charge in [0.25, 0.3) is 0 Å². The van der Waals surface area contributed by atoms with E-state index < -0.39 is 0 Å². The van der Waals surface area contributed by atoms with Crippen molar-refractivity contribution in [1.82, 2.24) is 14.9 Å². The number of likely N-dealkylation sites (N-methyl/N-ethyl adjacent to an activating group) is 1. The van der Waals surface area contributed by atoms with Crippen molar-refractivity contribution in [3.05, 3.63) is 17.0 Å². The van der Waals surface area contributed by atoms with Crippen molar-refractivity contribution in [3.63, 3.8) is 0 Å². The fourth-order valence-corrected chi connectivity index (χ4v) is 2.50. The Kier molecular flexibility index (Phi) is 4.83. The monoisotopic (exact) mass is 298 g/mol. The van der Waals surface area contributed by atoms with E-state index in [-0.39, 0.29) is 5.54 Å². The molecule has 0 bridgehead atoms. The number of hydrogen-bond donors (Lipinski definition) is 0. The minimum absolute atomic E-state index is 0.121. The van der Waals surface area contributed by atoms with Crippen LogP contribution in [-0.4, -0.2) is 53.7 Å². The van der Waals surface area contributed by atoms with Crippen LogP contribution in [0, 0.1) is 0 Å². The second-order valence-corrected chi connectivity index (χ2v) is 6.15. The molecule has 5 nitrogen and oxygen atoms in total. The third-order valence-corrected chi connectivity index (χ3v) is 4.00. The van der Waals surface area contributed by atoms with Gasteiger partial charge in [0.1, 0.15) is 17.6 Å². The van der Waals surface area contributed by atoms with Crippen LogP contribution in [-0.2, 0) is 11.3 Å². The van der Waals surface area contributed by atoms with Crippen LogP contribution in [0.1, 0.15) is 26.6 Å². The van der Waals surface area contributed by atoms with Gasteiger partial charge >= 0.3 is 0 Å². The summed E-state index contributed by atoms with van der Waals surface area (Å²) in [6.07, 6.45) is 0. The molecule has 0 amide bonds. The molecule has 0 aromatic carbocycles. The summed E-state index contributed by atoms with van der Waals surface area (Å²) in [5, 5.41) is 0.474. The van der Waals surface area contributed by atoms with Gasteiger partial charge in [0.2, 0.25) is 0 Å². The molecular weight excluding hydrogens is 276 g/mol. The van der Waals surface area contributed by atoms with Crippen LogP contribution in [0.3, 0.4) is 0 Å². The van der Waals surface area contributed by atoms with Crippen LogP contribution in [0.2, 0.25) is 5.15 Å². The number of anilines is 1. The van der Waals surface area contributed by atoms with Crippen LogP contribution >= 0.6 is 11.6 Å². The number of nitrogens with zero attached hydrogens (tertiary/aromatic N) is 4. The third kappa shape index (κ3) is 3.59. The summed E-state index contributed by atoms with van der Waals surface area (Å²) in [5.74, 6) is 1.53. The van der Waals surface area contributed by atoms with E-state index in [9.17, 15) is 0 Å². The highest BCUT2D eigenvalue weighted by Gasteiger charge is 2.31. The van der Waals surface area contributed by atoms with Gasteiger partial charge in [-0.2, -0.15) is 0 Å². The van der Waals surface area contributed by atoms with Gasteiger partial charge in [0, 0.05) is 37.8 Å². The van der Waals surface area contributed by atoms with Crippen LogP contribution in [0.5, 0.6) is 0 Å². The van der Waals surface area contributed by atoms with E-state index in [1.165, 1.54) is 0 Å². The van der Waals surface area contributed by atoms with E-state index >= 15 is 0 Å². The quantitative estimate of drug-likeness (QED) is 0.797. The molecule has 0 unspecified atom stereocenters. The van der Waals surface area contributed by atoms with Gasteiger partial charge < -0.3 is 9.64 Å². The average molecular weight is 299 g/mol.